The lowest BCUT2D eigenvalue weighted by Gasteiger charge is -2.06. The first-order valence-corrected chi connectivity index (χ1v) is 9.70. The molecule has 0 aliphatic heterocycles. The van der Waals surface area contributed by atoms with Gasteiger partial charge in [0.25, 0.3) is 17.5 Å². The smallest absolute Gasteiger partial charge is 0.273 e. The van der Waals surface area contributed by atoms with Crippen molar-refractivity contribution < 1.29 is 9.72 Å². The van der Waals surface area contributed by atoms with Crippen LogP contribution in [0.4, 0.5) is 11.6 Å². The Morgan fingerprint density at radius 2 is 2.00 bits per heavy atom. The number of anilines is 1. The van der Waals surface area contributed by atoms with Crippen molar-refractivity contribution in [2.24, 2.45) is 0 Å². The van der Waals surface area contributed by atoms with Crippen molar-refractivity contribution in [2.75, 3.05) is 5.32 Å². The molecule has 0 fully saturated rings. The van der Waals surface area contributed by atoms with Crippen LogP contribution in [0.25, 0.3) is 16.2 Å². The van der Waals surface area contributed by atoms with Gasteiger partial charge in [-0.05, 0) is 32.4 Å². The number of amides is 1. The second-order valence-corrected chi connectivity index (χ2v) is 7.57. The molecule has 29 heavy (non-hydrogen) atoms. The summed E-state index contributed by atoms with van der Waals surface area (Å²) in [4.78, 5) is 28.2. The standard InChI is InChI=1S/C20H17N5O3S/c1-11-7-8-14(12(2)9-11)17-10-29-20-22-19(23-24(17)20)21-18(26)15-5-4-6-16(13(15)3)25(27)28/h4-10H,1-3H3,(H,21,23,26). The first kappa shape index (κ1) is 18.8. The van der Waals surface area contributed by atoms with Crippen LogP contribution in [0.15, 0.2) is 41.8 Å². The van der Waals surface area contributed by atoms with Crippen LogP contribution >= 0.6 is 11.3 Å². The number of carbonyl (C=O) groups is 1. The summed E-state index contributed by atoms with van der Waals surface area (Å²) in [6.45, 7) is 5.63. The predicted octanol–water partition coefficient (Wildman–Crippen LogP) is 4.54. The molecule has 1 amide bonds. The third-order valence-corrected chi connectivity index (χ3v) is 5.53. The first-order valence-electron chi connectivity index (χ1n) is 8.82. The van der Waals surface area contributed by atoms with Crippen LogP contribution in [-0.4, -0.2) is 25.4 Å². The zero-order valence-electron chi connectivity index (χ0n) is 16.0. The Morgan fingerprint density at radius 1 is 1.21 bits per heavy atom. The predicted molar refractivity (Wildman–Crippen MR) is 112 cm³/mol. The third kappa shape index (κ3) is 3.36. The summed E-state index contributed by atoms with van der Waals surface area (Å²) in [6.07, 6.45) is 0. The highest BCUT2D eigenvalue weighted by molar-refractivity contribution is 7.15. The van der Waals surface area contributed by atoms with E-state index in [0.29, 0.717) is 10.5 Å². The Labute approximate surface area is 170 Å². The number of aromatic nitrogens is 3. The van der Waals surface area contributed by atoms with E-state index in [1.165, 1.54) is 35.1 Å². The number of fused-ring (bicyclic) bond motifs is 1. The summed E-state index contributed by atoms with van der Waals surface area (Å²) in [5.41, 5.74) is 4.64. The zero-order valence-corrected chi connectivity index (χ0v) is 16.8. The van der Waals surface area contributed by atoms with Crippen LogP contribution in [0.1, 0.15) is 27.0 Å². The van der Waals surface area contributed by atoms with Crippen molar-refractivity contribution in [3.05, 3.63) is 74.1 Å². The molecule has 0 saturated carbocycles. The molecule has 0 atom stereocenters. The zero-order chi connectivity index (χ0) is 20.7. The number of nitro groups is 1. The first-order chi connectivity index (χ1) is 13.8. The van der Waals surface area contributed by atoms with Gasteiger partial charge >= 0.3 is 0 Å². The largest absolute Gasteiger partial charge is 0.289 e. The monoisotopic (exact) mass is 407 g/mol. The maximum Gasteiger partial charge on any atom is 0.273 e. The minimum atomic E-state index is -0.507. The Morgan fingerprint density at radius 3 is 2.72 bits per heavy atom. The van der Waals surface area contributed by atoms with Gasteiger partial charge in [0.05, 0.1) is 10.6 Å². The van der Waals surface area contributed by atoms with Crippen molar-refractivity contribution in [2.45, 2.75) is 20.8 Å². The molecule has 8 nitrogen and oxygen atoms in total. The number of hydrogen-bond donors (Lipinski definition) is 1. The molecule has 0 bridgehead atoms. The van der Waals surface area contributed by atoms with E-state index in [9.17, 15) is 14.9 Å². The molecule has 0 radical (unpaired) electrons. The lowest BCUT2D eigenvalue weighted by molar-refractivity contribution is -0.385. The molecule has 1 N–H and O–H groups in total. The van der Waals surface area contributed by atoms with E-state index in [-0.39, 0.29) is 17.2 Å². The van der Waals surface area contributed by atoms with Gasteiger partial charge in [-0.3, -0.25) is 20.2 Å². The lowest BCUT2D eigenvalue weighted by atomic mass is 10.0. The maximum absolute atomic E-state index is 12.6. The molecule has 0 saturated heterocycles. The topological polar surface area (TPSA) is 102 Å². The highest BCUT2D eigenvalue weighted by atomic mass is 32.1. The SMILES string of the molecule is Cc1ccc(-c2csc3nc(NC(=O)c4cccc([N+](=O)[O-])c4C)nn23)c(C)c1. The fraction of sp³-hybridized carbons (Fsp3) is 0.150. The second-order valence-electron chi connectivity index (χ2n) is 6.73. The molecule has 0 unspecified atom stereocenters. The number of benzene rings is 2. The summed E-state index contributed by atoms with van der Waals surface area (Å²) >= 11 is 1.42. The van der Waals surface area contributed by atoms with E-state index >= 15 is 0 Å². The highest BCUT2D eigenvalue weighted by Crippen LogP contribution is 2.29. The highest BCUT2D eigenvalue weighted by Gasteiger charge is 2.20. The molecule has 0 spiro atoms. The van der Waals surface area contributed by atoms with Gasteiger partial charge in [0.15, 0.2) is 0 Å². The van der Waals surface area contributed by atoms with Crippen molar-refractivity contribution in [3.8, 4) is 11.3 Å². The third-order valence-electron chi connectivity index (χ3n) is 4.71. The van der Waals surface area contributed by atoms with Crippen LogP contribution in [0.3, 0.4) is 0 Å². The average Bonchev–Trinajstić information content (AvgIpc) is 3.22. The summed E-state index contributed by atoms with van der Waals surface area (Å²) in [7, 11) is 0. The van der Waals surface area contributed by atoms with Crippen molar-refractivity contribution >= 4 is 33.8 Å². The van der Waals surface area contributed by atoms with Crippen LogP contribution in [0.2, 0.25) is 0 Å². The van der Waals surface area contributed by atoms with Crippen LogP contribution in [-0.2, 0) is 0 Å². The van der Waals surface area contributed by atoms with E-state index in [2.05, 4.69) is 21.5 Å². The van der Waals surface area contributed by atoms with Gasteiger partial charge in [0.2, 0.25) is 4.96 Å². The van der Waals surface area contributed by atoms with Crippen molar-refractivity contribution in [1.82, 2.24) is 14.6 Å². The minimum Gasteiger partial charge on any atom is -0.289 e. The molecule has 4 aromatic rings. The molecule has 146 valence electrons. The molecule has 2 aromatic carbocycles. The Balaban J connectivity index is 1.67. The normalized spacial score (nSPS) is 11.0. The van der Waals surface area contributed by atoms with Gasteiger partial charge in [-0.2, -0.15) is 4.98 Å². The van der Waals surface area contributed by atoms with E-state index in [1.54, 1.807) is 11.4 Å². The number of thiazole rings is 1. The van der Waals surface area contributed by atoms with E-state index in [1.807, 2.05) is 31.4 Å². The lowest BCUT2D eigenvalue weighted by Crippen LogP contribution is -2.15. The number of aryl methyl sites for hydroxylation is 2. The molecule has 0 aliphatic carbocycles. The minimum absolute atomic E-state index is 0.103. The van der Waals surface area contributed by atoms with Gasteiger partial charge in [-0.15, -0.1) is 16.4 Å². The Kier molecular flexibility index (Phi) is 4.59. The van der Waals surface area contributed by atoms with Crippen molar-refractivity contribution in [1.29, 1.82) is 0 Å². The van der Waals surface area contributed by atoms with Gasteiger partial charge in [0, 0.05) is 28.1 Å². The van der Waals surface area contributed by atoms with E-state index in [4.69, 9.17) is 0 Å². The molecule has 2 heterocycles. The van der Waals surface area contributed by atoms with Crippen LogP contribution in [0.5, 0.6) is 0 Å². The number of nitrogens with one attached hydrogen (secondary N) is 1. The average molecular weight is 407 g/mol. The van der Waals surface area contributed by atoms with Gasteiger partial charge < -0.3 is 0 Å². The number of nitrogens with zero attached hydrogens (tertiary/aromatic N) is 4. The number of carbonyl (C=O) groups excluding carboxylic acids is 1. The van der Waals surface area contributed by atoms with Gasteiger partial charge in [-0.1, -0.05) is 29.8 Å². The number of hydrogen-bond acceptors (Lipinski definition) is 6. The summed E-state index contributed by atoms with van der Waals surface area (Å²) in [5, 5.41) is 20.1. The van der Waals surface area contributed by atoms with E-state index in [0.717, 1.165) is 16.8 Å². The maximum atomic E-state index is 12.6. The fourth-order valence-corrected chi connectivity index (χ4v) is 4.08. The Hall–Kier alpha value is -3.59. The number of rotatable bonds is 4. The Bertz CT molecular complexity index is 1270. The molecule has 9 heteroatoms. The van der Waals surface area contributed by atoms with Gasteiger partial charge in [-0.25, -0.2) is 4.52 Å². The summed E-state index contributed by atoms with van der Waals surface area (Å²) in [6, 6.07) is 10.6. The van der Waals surface area contributed by atoms with E-state index < -0.39 is 10.8 Å². The quantitative estimate of drug-likeness (QED) is 0.395. The molecule has 2 aromatic heterocycles. The molecule has 4 rings (SSSR count). The second kappa shape index (κ2) is 7.10. The number of nitro benzene ring substituents is 1. The molecule has 0 aliphatic rings. The summed E-state index contributed by atoms with van der Waals surface area (Å²) < 4.78 is 1.69. The fourth-order valence-electron chi connectivity index (χ4n) is 3.26. The molecular formula is C20H17N5O3S. The summed E-state index contributed by atoms with van der Waals surface area (Å²) in [5.74, 6) is -0.337. The van der Waals surface area contributed by atoms with Gasteiger partial charge in [0.1, 0.15) is 0 Å². The van der Waals surface area contributed by atoms with Crippen molar-refractivity contribution in [3.63, 3.8) is 0 Å². The van der Waals surface area contributed by atoms with Crippen LogP contribution in [0, 0.1) is 30.9 Å². The molecular weight excluding hydrogens is 390 g/mol. The van der Waals surface area contributed by atoms with Crippen LogP contribution < -0.4 is 5.32 Å².